The molecule has 0 aromatic rings. The van der Waals surface area contributed by atoms with Gasteiger partial charge in [-0.1, -0.05) is 13.8 Å². The van der Waals surface area contributed by atoms with Crippen LogP contribution in [0.4, 0.5) is 3.89 Å². The van der Waals surface area contributed by atoms with Crippen LogP contribution in [0.15, 0.2) is 0 Å². The zero-order valence-electron chi connectivity index (χ0n) is 12.4. The first kappa shape index (κ1) is 19.9. The van der Waals surface area contributed by atoms with Crippen LogP contribution < -0.4 is 0 Å². The van der Waals surface area contributed by atoms with Crippen molar-refractivity contribution in [3.63, 3.8) is 0 Å². The van der Waals surface area contributed by atoms with Crippen molar-refractivity contribution < 1.29 is 18.1 Å². The lowest BCUT2D eigenvalue weighted by atomic mass is 10.4. The van der Waals surface area contributed by atoms with E-state index >= 15 is 0 Å². The summed E-state index contributed by atoms with van der Waals surface area (Å²) >= 11 is 3.31. The lowest BCUT2D eigenvalue weighted by Crippen LogP contribution is -2.40. The highest BCUT2D eigenvalue weighted by Gasteiger charge is 2.45. The molecule has 0 aromatic carbocycles. The van der Waals surface area contributed by atoms with Crippen LogP contribution in [0.1, 0.15) is 33.6 Å². The van der Waals surface area contributed by atoms with Gasteiger partial charge in [-0.15, -0.1) is 23.5 Å². The second kappa shape index (κ2) is 10.6. The van der Waals surface area contributed by atoms with Crippen LogP contribution in [-0.4, -0.2) is 41.7 Å². The SMILES string of the molecule is CCCOC(CC(OC)(OCC)SF)(SC)SCC. The third kappa shape index (κ3) is 6.44. The van der Waals surface area contributed by atoms with Gasteiger partial charge in [-0.3, -0.25) is 0 Å². The van der Waals surface area contributed by atoms with E-state index in [9.17, 15) is 3.89 Å². The Labute approximate surface area is 129 Å². The van der Waals surface area contributed by atoms with Gasteiger partial charge in [-0.25, -0.2) is 0 Å². The van der Waals surface area contributed by atoms with Gasteiger partial charge >= 0.3 is 0 Å². The van der Waals surface area contributed by atoms with Crippen molar-refractivity contribution in [2.75, 3.05) is 32.3 Å². The molecule has 0 aromatic heterocycles. The Kier molecular flexibility index (Phi) is 11.0. The van der Waals surface area contributed by atoms with Crippen LogP contribution >= 0.6 is 35.7 Å². The molecule has 0 saturated heterocycles. The first-order chi connectivity index (χ1) is 9.07. The molecular weight excluding hydrogens is 307 g/mol. The largest absolute Gasteiger partial charge is 0.355 e. The molecule has 0 rings (SSSR count). The Bertz CT molecular complexity index is 230. The molecule has 0 spiro atoms. The molecule has 0 radical (unpaired) electrons. The molecule has 0 amide bonds. The molecule has 0 saturated carbocycles. The molecule has 19 heavy (non-hydrogen) atoms. The average Bonchev–Trinajstić information content (AvgIpc) is 2.44. The summed E-state index contributed by atoms with van der Waals surface area (Å²) in [7, 11) is 1.46. The van der Waals surface area contributed by atoms with E-state index < -0.39 is 9.38 Å². The number of halogens is 1. The van der Waals surface area contributed by atoms with Gasteiger partial charge in [0.2, 0.25) is 0 Å². The summed E-state index contributed by atoms with van der Waals surface area (Å²) in [6.07, 6.45) is 3.21. The summed E-state index contributed by atoms with van der Waals surface area (Å²) in [6, 6.07) is 0. The van der Waals surface area contributed by atoms with Crippen LogP contribution in [0.25, 0.3) is 0 Å². The van der Waals surface area contributed by atoms with Gasteiger partial charge < -0.3 is 14.2 Å². The molecule has 3 nitrogen and oxygen atoms in total. The highest BCUT2D eigenvalue weighted by molar-refractivity contribution is 8.17. The minimum Gasteiger partial charge on any atom is -0.355 e. The van der Waals surface area contributed by atoms with E-state index in [-0.39, 0.29) is 12.1 Å². The van der Waals surface area contributed by atoms with Gasteiger partial charge in [0.1, 0.15) is 12.1 Å². The number of hydrogen-bond donors (Lipinski definition) is 0. The number of ether oxygens (including phenoxy) is 3. The van der Waals surface area contributed by atoms with Crippen molar-refractivity contribution in [3.05, 3.63) is 0 Å². The van der Waals surface area contributed by atoms with Gasteiger partial charge in [0.25, 0.3) is 5.12 Å². The Morgan fingerprint density at radius 1 is 1.16 bits per heavy atom. The zero-order valence-corrected chi connectivity index (χ0v) is 14.8. The second-order valence-corrected chi connectivity index (χ2v) is 7.37. The lowest BCUT2D eigenvalue weighted by molar-refractivity contribution is -0.169. The van der Waals surface area contributed by atoms with E-state index in [2.05, 4.69) is 13.8 Å². The number of methoxy groups -OCH3 is 1. The molecule has 7 heteroatoms. The van der Waals surface area contributed by atoms with E-state index in [1.807, 2.05) is 13.2 Å². The minimum absolute atomic E-state index is 0.0924. The van der Waals surface area contributed by atoms with E-state index in [4.69, 9.17) is 14.2 Å². The predicted octanol–water partition coefficient (Wildman–Crippen LogP) is 4.53. The van der Waals surface area contributed by atoms with Gasteiger partial charge in [0.15, 0.2) is 4.27 Å². The van der Waals surface area contributed by atoms with Gasteiger partial charge in [0.05, 0.1) is 6.42 Å². The molecule has 0 aliphatic rings. The summed E-state index contributed by atoms with van der Waals surface area (Å²) in [6.45, 7) is 6.96. The first-order valence-electron chi connectivity index (χ1n) is 6.39. The Morgan fingerprint density at radius 2 is 1.84 bits per heavy atom. The standard InChI is InChI=1S/C12H25FO3S3/c1-6-9-16-12(17-5,18-8-3)10-11(14-4,19-13)15-7-2/h6-10H2,1-5H3. The van der Waals surface area contributed by atoms with Crippen molar-refractivity contribution in [3.8, 4) is 0 Å². The molecule has 2 unspecified atom stereocenters. The average molecular weight is 333 g/mol. The van der Waals surface area contributed by atoms with Crippen molar-refractivity contribution in [1.82, 2.24) is 0 Å². The van der Waals surface area contributed by atoms with Gasteiger partial charge in [0, 0.05) is 20.3 Å². The highest BCUT2D eigenvalue weighted by atomic mass is 32.2. The van der Waals surface area contributed by atoms with Gasteiger partial charge in [-0.05, 0) is 25.4 Å². The quantitative estimate of drug-likeness (QED) is 0.488. The fraction of sp³-hybridized carbons (Fsp3) is 1.00. The van der Waals surface area contributed by atoms with Crippen molar-refractivity contribution in [1.29, 1.82) is 0 Å². The molecule has 0 aliphatic heterocycles. The van der Waals surface area contributed by atoms with Crippen LogP contribution in [0.3, 0.4) is 0 Å². The van der Waals surface area contributed by atoms with E-state index in [0.717, 1.165) is 12.2 Å². The maximum absolute atomic E-state index is 13.3. The minimum atomic E-state index is -1.30. The Morgan fingerprint density at radius 3 is 2.21 bits per heavy atom. The third-order valence-corrected chi connectivity index (χ3v) is 5.82. The molecule has 0 heterocycles. The summed E-state index contributed by atoms with van der Waals surface area (Å²) in [5.41, 5.74) is 0. The third-order valence-electron chi connectivity index (χ3n) is 2.43. The molecule has 116 valence electrons. The van der Waals surface area contributed by atoms with E-state index in [1.165, 1.54) is 7.11 Å². The Balaban J connectivity index is 5.00. The normalized spacial score (nSPS) is 18.0. The molecular formula is C12H25FO3S3. The van der Waals surface area contributed by atoms with Crippen molar-refractivity contribution >= 4 is 35.7 Å². The van der Waals surface area contributed by atoms with Crippen LogP contribution in [0.5, 0.6) is 0 Å². The first-order valence-corrected chi connectivity index (χ1v) is 9.32. The number of thioether (sulfide) groups is 2. The molecule has 0 N–H and O–H groups in total. The highest BCUT2D eigenvalue weighted by Crippen LogP contribution is 2.48. The molecule has 0 fully saturated rings. The van der Waals surface area contributed by atoms with Crippen LogP contribution in [0, 0.1) is 0 Å². The van der Waals surface area contributed by atoms with E-state index in [1.54, 1.807) is 23.5 Å². The summed E-state index contributed by atoms with van der Waals surface area (Å²) in [5, 5.41) is -1.30. The van der Waals surface area contributed by atoms with Crippen molar-refractivity contribution in [2.24, 2.45) is 0 Å². The monoisotopic (exact) mass is 332 g/mol. The summed E-state index contributed by atoms with van der Waals surface area (Å²) in [4.78, 5) is 0. The number of rotatable bonds is 12. The fourth-order valence-electron chi connectivity index (χ4n) is 1.56. The predicted molar refractivity (Wildman–Crippen MR) is 85.3 cm³/mol. The zero-order chi connectivity index (χ0) is 14.8. The summed E-state index contributed by atoms with van der Waals surface area (Å²) < 4.78 is 29.5. The second-order valence-electron chi connectivity index (χ2n) is 3.74. The van der Waals surface area contributed by atoms with Crippen LogP contribution in [-0.2, 0) is 14.2 Å². The maximum Gasteiger partial charge on any atom is 0.253 e. The summed E-state index contributed by atoms with van der Waals surface area (Å²) in [5.74, 6) is 0.882. The lowest BCUT2D eigenvalue weighted by Gasteiger charge is -2.38. The Hall–Kier alpha value is 0.860. The van der Waals surface area contributed by atoms with Gasteiger partial charge in [-0.2, -0.15) is 3.89 Å². The smallest absolute Gasteiger partial charge is 0.253 e. The van der Waals surface area contributed by atoms with Crippen molar-refractivity contribution in [2.45, 2.75) is 43.0 Å². The molecule has 0 aliphatic carbocycles. The van der Waals surface area contributed by atoms with E-state index in [0.29, 0.717) is 19.6 Å². The topological polar surface area (TPSA) is 27.7 Å². The number of hydrogen-bond acceptors (Lipinski definition) is 6. The van der Waals surface area contributed by atoms with Crippen LogP contribution in [0.2, 0.25) is 0 Å². The molecule has 0 bridgehead atoms. The maximum atomic E-state index is 13.3. The fourth-order valence-corrected chi connectivity index (χ4v) is 4.48. The molecule has 2 atom stereocenters.